The molecule has 1 aliphatic heterocycles. The third kappa shape index (κ3) is 1.53. The van der Waals surface area contributed by atoms with Gasteiger partial charge in [-0.05, 0) is 42.7 Å². The Morgan fingerprint density at radius 1 is 1.44 bits per heavy atom. The van der Waals surface area contributed by atoms with Gasteiger partial charge in [0.2, 0.25) is 5.71 Å². The number of aryl methyl sites for hydroxylation is 1. The summed E-state index contributed by atoms with van der Waals surface area (Å²) in [5.41, 5.74) is 4.41. The molecule has 0 saturated carbocycles. The van der Waals surface area contributed by atoms with E-state index in [1.165, 1.54) is 11.1 Å². The molecule has 3 heterocycles. The van der Waals surface area contributed by atoms with Crippen LogP contribution in [0.2, 0.25) is 0 Å². The Kier molecular flexibility index (Phi) is 2.26. The number of fused-ring (bicyclic) bond motifs is 1. The van der Waals surface area contributed by atoms with Crippen molar-refractivity contribution in [1.29, 1.82) is 0 Å². The molecule has 1 N–H and O–H groups in total. The molecule has 2 aromatic heterocycles. The van der Waals surface area contributed by atoms with Gasteiger partial charge in [-0.25, -0.2) is 4.98 Å². The molecule has 3 rings (SSSR count). The van der Waals surface area contributed by atoms with Gasteiger partial charge in [0.25, 0.3) is 0 Å². The monoisotopic (exact) mass is 214 g/mol. The summed E-state index contributed by atoms with van der Waals surface area (Å²) >= 11 is 0. The largest absolute Gasteiger partial charge is 0.446 e. The van der Waals surface area contributed by atoms with E-state index in [0.29, 0.717) is 0 Å². The summed E-state index contributed by atoms with van der Waals surface area (Å²) < 4.78 is 5.34. The summed E-state index contributed by atoms with van der Waals surface area (Å²) in [5.74, 6) is 0. The Morgan fingerprint density at radius 3 is 3.19 bits per heavy atom. The molecule has 16 heavy (non-hydrogen) atoms. The van der Waals surface area contributed by atoms with E-state index in [0.717, 1.165) is 36.2 Å². The fourth-order valence-corrected chi connectivity index (χ4v) is 2.08. The van der Waals surface area contributed by atoms with E-state index in [4.69, 9.17) is 4.42 Å². The van der Waals surface area contributed by atoms with Gasteiger partial charge < -0.3 is 9.73 Å². The Balaban J connectivity index is 2.10. The van der Waals surface area contributed by atoms with Crippen molar-refractivity contribution >= 4 is 16.7 Å². The molecule has 0 atom stereocenters. The smallest absolute Gasteiger partial charge is 0.226 e. The molecule has 0 aromatic carbocycles. The minimum absolute atomic E-state index is 0.727. The highest BCUT2D eigenvalue weighted by Crippen LogP contribution is 2.23. The molecule has 3 nitrogen and oxygen atoms in total. The minimum Gasteiger partial charge on any atom is -0.446 e. The summed E-state index contributed by atoms with van der Waals surface area (Å²) in [6.45, 7) is 4.05. The zero-order chi connectivity index (χ0) is 11.0. The van der Waals surface area contributed by atoms with Gasteiger partial charge in [0, 0.05) is 18.1 Å². The van der Waals surface area contributed by atoms with Gasteiger partial charge in [0.05, 0.1) is 6.26 Å². The molecule has 0 radical (unpaired) electrons. The van der Waals surface area contributed by atoms with Crippen LogP contribution in [0.15, 0.2) is 29.0 Å². The van der Waals surface area contributed by atoms with Crippen molar-refractivity contribution in [3.63, 3.8) is 0 Å². The fraction of sp³-hybridized carbons (Fsp3) is 0.308. The number of hydrogen-bond acceptors (Lipinski definition) is 3. The van der Waals surface area contributed by atoms with Crippen LogP contribution in [-0.2, 0) is 0 Å². The Labute approximate surface area is 94.2 Å². The summed E-state index contributed by atoms with van der Waals surface area (Å²) in [6, 6.07) is 2.17. The molecule has 3 heteroatoms. The molecule has 0 fully saturated rings. The van der Waals surface area contributed by atoms with Crippen LogP contribution in [0.5, 0.6) is 0 Å². The average Bonchev–Trinajstić information content (AvgIpc) is 2.72. The van der Waals surface area contributed by atoms with E-state index in [2.05, 4.69) is 22.4 Å². The van der Waals surface area contributed by atoms with Gasteiger partial charge in [0.15, 0.2) is 0 Å². The number of furan rings is 1. The van der Waals surface area contributed by atoms with Gasteiger partial charge in [-0.15, -0.1) is 0 Å². The van der Waals surface area contributed by atoms with Crippen LogP contribution in [-0.4, -0.2) is 18.1 Å². The first kappa shape index (κ1) is 9.60. The van der Waals surface area contributed by atoms with Gasteiger partial charge in [-0.2, -0.15) is 0 Å². The van der Waals surface area contributed by atoms with E-state index in [-0.39, 0.29) is 0 Å². The summed E-state index contributed by atoms with van der Waals surface area (Å²) in [6.07, 6.45) is 7.03. The quantitative estimate of drug-likeness (QED) is 0.792. The first-order valence-electron chi connectivity index (χ1n) is 5.58. The maximum Gasteiger partial charge on any atom is 0.226 e. The SMILES string of the molecule is Cc1coc2ncc(C3=CCCNC3)cc12. The lowest BCUT2D eigenvalue weighted by atomic mass is 10.0. The molecule has 82 valence electrons. The molecule has 0 aliphatic carbocycles. The lowest BCUT2D eigenvalue weighted by Crippen LogP contribution is -2.21. The highest BCUT2D eigenvalue weighted by atomic mass is 16.3. The van der Waals surface area contributed by atoms with Crippen molar-refractivity contribution in [3.05, 3.63) is 35.7 Å². The number of nitrogens with one attached hydrogen (secondary N) is 1. The second-order valence-corrected chi connectivity index (χ2v) is 4.19. The zero-order valence-corrected chi connectivity index (χ0v) is 9.29. The molecule has 0 spiro atoms. The van der Waals surface area contributed by atoms with E-state index in [9.17, 15) is 0 Å². The van der Waals surface area contributed by atoms with Crippen molar-refractivity contribution in [1.82, 2.24) is 10.3 Å². The first-order chi connectivity index (χ1) is 7.84. The second kappa shape index (κ2) is 3.76. The van der Waals surface area contributed by atoms with Crippen LogP contribution in [0.3, 0.4) is 0 Å². The van der Waals surface area contributed by atoms with Crippen LogP contribution < -0.4 is 5.32 Å². The van der Waals surface area contributed by atoms with Gasteiger partial charge in [-0.1, -0.05) is 6.08 Å². The highest BCUT2D eigenvalue weighted by molar-refractivity contribution is 5.82. The predicted molar refractivity (Wildman–Crippen MR) is 64.2 cm³/mol. The van der Waals surface area contributed by atoms with E-state index >= 15 is 0 Å². The Hall–Kier alpha value is -1.61. The molecule has 2 aromatic rings. The number of aromatic nitrogens is 1. The van der Waals surface area contributed by atoms with Gasteiger partial charge in [-0.3, -0.25) is 0 Å². The number of rotatable bonds is 1. The highest BCUT2D eigenvalue weighted by Gasteiger charge is 2.09. The standard InChI is InChI=1S/C13H14N2O/c1-9-8-16-13-12(9)5-11(7-15-13)10-3-2-4-14-6-10/h3,5,7-8,14H,2,4,6H2,1H3. The van der Waals surface area contributed by atoms with Crippen molar-refractivity contribution in [2.45, 2.75) is 13.3 Å². The van der Waals surface area contributed by atoms with E-state index < -0.39 is 0 Å². The summed E-state index contributed by atoms with van der Waals surface area (Å²) in [7, 11) is 0. The maximum atomic E-state index is 5.34. The van der Waals surface area contributed by atoms with Crippen LogP contribution in [0, 0.1) is 6.92 Å². The minimum atomic E-state index is 0.727. The van der Waals surface area contributed by atoms with Crippen molar-refractivity contribution in [2.24, 2.45) is 0 Å². The Bertz CT molecular complexity index is 554. The van der Waals surface area contributed by atoms with Gasteiger partial charge in [0.1, 0.15) is 0 Å². The summed E-state index contributed by atoms with van der Waals surface area (Å²) in [4.78, 5) is 4.34. The molecule has 0 amide bonds. The van der Waals surface area contributed by atoms with Crippen LogP contribution >= 0.6 is 0 Å². The maximum absolute atomic E-state index is 5.34. The van der Waals surface area contributed by atoms with E-state index in [1.54, 1.807) is 6.26 Å². The lowest BCUT2D eigenvalue weighted by molar-refractivity contribution is 0.600. The third-order valence-electron chi connectivity index (χ3n) is 3.02. The van der Waals surface area contributed by atoms with Gasteiger partial charge >= 0.3 is 0 Å². The second-order valence-electron chi connectivity index (χ2n) is 4.19. The lowest BCUT2D eigenvalue weighted by Gasteiger charge is -2.13. The average molecular weight is 214 g/mol. The first-order valence-corrected chi connectivity index (χ1v) is 5.58. The topological polar surface area (TPSA) is 38.1 Å². The molecule has 0 saturated heterocycles. The van der Waals surface area contributed by atoms with Crippen LogP contribution in [0.4, 0.5) is 0 Å². The Morgan fingerprint density at radius 2 is 2.38 bits per heavy atom. The normalized spacial score (nSPS) is 16.4. The van der Waals surface area contributed by atoms with Crippen LogP contribution in [0.25, 0.3) is 16.7 Å². The molecule has 1 aliphatic rings. The number of pyridine rings is 1. The van der Waals surface area contributed by atoms with Crippen molar-refractivity contribution < 1.29 is 4.42 Å². The van der Waals surface area contributed by atoms with Crippen molar-refractivity contribution in [3.8, 4) is 0 Å². The summed E-state index contributed by atoms with van der Waals surface area (Å²) in [5, 5.41) is 4.49. The van der Waals surface area contributed by atoms with Crippen LogP contribution in [0.1, 0.15) is 17.5 Å². The fourth-order valence-electron chi connectivity index (χ4n) is 2.08. The molecular weight excluding hydrogens is 200 g/mol. The molecule has 0 unspecified atom stereocenters. The molecular formula is C13H14N2O. The van der Waals surface area contributed by atoms with Crippen molar-refractivity contribution in [2.75, 3.05) is 13.1 Å². The molecule has 0 bridgehead atoms. The number of nitrogens with zero attached hydrogens (tertiary/aromatic N) is 1. The third-order valence-corrected chi connectivity index (χ3v) is 3.02. The van der Waals surface area contributed by atoms with E-state index in [1.807, 2.05) is 13.1 Å². The number of hydrogen-bond donors (Lipinski definition) is 1. The zero-order valence-electron chi connectivity index (χ0n) is 9.29. The predicted octanol–water partition coefficient (Wildman–Crippen LogP) is 2.51.